The molecule has 1 fully saturated rings. The second-order valence-electron chi connectivity index (χ2n) is 4.59. The molecule has 2 rings (SSSR count). The fourth-order valence-corrected chi connectivity index (χ4v) is 1.68. The highest BCUT2D eigenvalue weighted by atomic mass is 35.5. The number of carbonyl (C=O) groups excluding carboxylic acids is 1. The van der Waals surface area contributed by atoms with Crippen LogP contribution < -0.4 is 15.4 Å². The van der Waals surface area contributed by atoms with Crippen molar-refractivity contribution >= 4 is 17.5 Å². The summed E-state index contributed by atoms with van der Waals surface area (Å²) in [6, 6.07) is 3.41. The van der Waals surface area contributed by atoms with Gasteiger partial charge in [0.1, 0.15) is 6.61 Å². The molecule has 1 heterocycles. The summed E-state index contributed by atoms with van der Waals surface area (Å²) in [5.41, 5.74) is 0. The summed E-state index contributed by atoms with van der Waals surface area (Å²) in [7, 11) is 0. The summed E-state index contributed by atoms with van der Waals surface area (Å²) in [5, 5.41) is 6.48. The van der Waals surface area contributed by atoms with Crippen LogP contribution in [0.25, 0.3) is 0 Å². The Bertz CT molecular complexity index is 407. The molecule has 1 aliphatic carbocycles. The third-order valence-electron chi connectivity index (χ3n) is 2.79. The van der Waals surface area contributed by atoms with Crippen LogP contribution in [0, 0.1) is 5.92 Å². The smallest absolute Gasteiger partial charge is 0.234 e. The normalized spacial score (nSPS) is 14.2. The maximum absolute atomic E-state index is 11.4. The minimum Gasteiger partial charge on any atom is -0.476 e. The number of nitrogens with one attached hydrogen (secondary N) is 2. The first-order valence-corrected chi connectivity index (χ1v) is 6.83. The van der Waals surface area contributed by atoms with Gasteiger partial charge in [0.25, 0.3) is 0 Å². The molecule has 5 nitrogen and oxygen atoms in total. The third-order valence-corrected chi connectivity index (χ3v) is 3.01. The van der Waals surface area contributed by atoms with Crippen molar-refractivity contribution in [3.05, 3.63) is 23.4 Å². The van der Waals surface area contributed by atoms with Crippen LogP contribution in [0.15, 0.2) is 18.3 Å². The molecule has 0 spiro atoms. The summed E-state index contributed by atoms with van der Waals surface area (Å²) >= 11 is 5.71. The van der Waals surface area contributed by atoms with Gasteiger partial charge in [0, 0.05) is 12.3 Å². The Kier molecular flexibility index (Phi) is 5.42. The lowest BCUT2D eigenvalue weighted by atomic mass is 10.4. The van der Waals surface area contributed by atoms with E-state index in [1.165, 1.54) is 19.0 Å². The maximum Gasteiger partial charge on any atom is 0.234 e. The van der Waals surface area contributed by atoms with Gasteiger partial charge in [-0.25, -0.2) is 4.98 Å². The van der Waals surface area contributed by atoms with Gasteiger partial charge in [-0.05, 0) is 31.4 Å². The van der Waals surface area contributed by atoms with E-state index in [-0.39, 0.29) is 5.91 Å². The van der Waals surface area contributed by atoms with E-state index in [1.807, 2.05) is 0 Å². The van der Waals surface area contributed by atoms with Crippen molar-refractivity contribution in [2.75, 3.05) is 26.2 Å². The van der Waals surface area contributed by atoms with Crippen molar-refractivity contribution in [3.63, 3.8) is 0 Å². The zero-order valence-electron chi connectivity index (χ0n) is 10.7. The molecule has 6 heteroatoms. The highest BCUT2D eigenvalue weighted by Crippen LogP contribution is 2.27. The predicted octanol–water partition coefficient (Wildman–Crippen LogP) is 1.23. The van der Waals surface area contributed by atoms with E-state index in [9.17, 15) is 4.79 Å². The Hall–Kier alpha value is -1.33. The molecule has 1 amide bonds. The lowest BCUT2D eigenvalue weighted by Crippen LogP contribution is -2.36. The standard InChI is InChI=1S/C13H18ClN3O2/c14-11-3-4-13(17-8-11)19-6-5-16-12(18)9-15-7-10-1-2-10/h3-4,8,10,15H,1-2,5-7,9H2,(H,16,18). The summed E-state index contributed by atoms with van der Waals surface area (Å²) in [4.78, 5) is 15.4. The van der Waals surface area contributed by atoms with Crippen LogP contribution in [-0.2, 0) is 4.79 Å². The summed E-state index contributed by atoms with van der Waals surface area (Å²) in [6.45, 7) is 2.17. The van der Waals surface area contributed by atoms with Gasteiger partial charge in [0.2, 0.25) is 11.8 Å². The molecule has 0 atom stereocenters. The van der Waals surface area contributed by atoms with Crippen molar-refractivity contribution < 1.29 is 9.53 Å². The SMILES string of the molecule is O=C(CNCC1CC1)NCCOc1ccc(Cl)cn1. The first-order chi connectivity index (χ1) is 9.24. The largest absolute Gasteiger partial charge is 0.476 e. The van der Waals surface area contributed by atoms with Crippen molar-refractivity contribution in [2.24, 2.45) is 5.92 Å². The highest BCUT2D eigenvalue weighted by molar-refractivity contribution is 6.30. The number of ether oxygens (including phenoxy) is 1. The molecule has 0 aliphatic heterocycles. The lowest BCUT2D eigenvalue weighted by Gasteiger charge is -2.07. The molecule has 0 saturated heterocycles. The fraction of sp³-hybridized carbons (Fsp3) is 0.538. The molecule has 1 aliphatic rings. The Morgan fingerprint density at radius 2 is 2.32 bits per heavy atom. The number of amides is 1. The Morgan fingerprint density at radius 1 is 1.47 bits per heavy atom. The molecule has 19 heavy (non-hydrogen) atoms. The summed E-state index contributed by atoms with van der Waals surface area (Å²) in [6.07, 6.45) is 4.10. The van der Waals surface area contributed by atoms with E-state index in [0.717, 1.165) is 12.5 Å². The summed E-state index contributed by atoms with van der Waals surface area (Å²) < 4.78 is 5.36. The van der Waals surface area contributed by atoms with Crippen LogP contribution in [0.5, 0.6) is 5.88 Å². The number of halogens is 1. The van der Waals surface area contributed by atoms with Crippen LogP contribution in [0.4, 0.5) is 0 Å². The fourth-order valence-electron chi connectivity index (χ4n) is 1.57. The van der Waals surface area contributed by atoms with Gasteiger partial charge in [0.15, 0.2) is 0 Å². The average Bonchev–Trinajstić information content (AvgIpc) is 3.21. The van der Waals surface area contributed by atoms with Gasteiger partial charge in [-0.3, -0.25) is 4.79 Å². The first-order valence-electron chi connectivity index (χ1n) is 6.46. The number of hydrogen-bond donors (Lipinski definition) is 2. The molecule has 2 N–H and O–H groups in total. The molecular weight excluding hydrogens is 266 g/mol. The second-order valence-corrected chi connectivity index (χ2v) is 5.02. The Morgan fingerprint density at radius 3 is 3.00 bits per heavy atom. The van der Waals surface area contributed by atoms with Gasteiger partial charge in [0.05, 0.1) is 18.1 Å². The molecule has 0 unspecified atom stereocenters. The zero-order valence-corrected chi connectivity index (χ0v) is 11.4. The van der Waals surface area contributed by atoms with Gasteiger partial charge in [-0.1, -0.05) is 11.6 Å². The van der Waals surface area contributed by atoms with Crippen molar-refractivity contribution in [2.45, 2.75) is 12.8 Å². The van der Waals surface area contributed by atoms with Gasteiger partial charge in [-0.15, -0.1) is 0 Å². The minimum absolute atomic E-state index is 0.00619. The van der Waals surface area contributed by atoms with Crippen LogP contribution in [0.2, 0.25) is 5.02 Å². The van der Waals surface area contributed by atoms with Gasteiger partial charge in [-0.2, -0.15) is 0 Å². The van der Waals surface area contributed by atoms with E-state index < -0.39 is 0 Å². The van der Waals surface area contributed by atoms with Crippen molar-refractivity contribution in [1.82, 2.24) is 15.6 Å². The number of carbonyl (C=O) groups is 1. The lowest BCUT2D eigenvalue weighted by molar-refractivity contribution is -0.120. The molecule has 1 aromatic rings. The van der Waals surface area contributed by atoms with E-state index in [0.29, 0.717) is 30.6 Å². The molecule has 1 saturated carbocycles. The number of rotatable bonds is 8. The predicted molar refractivity (Wildman–Crippen MR) is 73.3 cm³/mol. The first kappa shape index (κ1) is 14.1. The Labute approximate surface area is 117 Å². The summed E-state index contributed by atoms with van der Waals surface area (Å²) in [5.74, 6) is 1.28. The molecule has 0 aromatic carbocycles. The molecule has 0 radical (unpaired) electrons. The monoisotopic (exact) mass is 283 g/mol. The number of nitrogens with zero attached hydrogens (tertiary/aromatic N) is 1. The van der Waals surface area contributed by atoms with Crippen LogP contribution in [-0.4, -0.2) is 37.1 Å². The zero-order chi connectivity index (χ0) is 13.5. The number of pyridine rings is 1. The van der Waals surface area contributed by atoms with Gasteiger partial charge >= 0.3 is 0 Å². The molecular formula is C13H18ClN3O2. The van der Waals surface area contributed by atoms with Crippen LogP contribution in [0.1, 0.15) is 12.8 Å². The minimum atomic E-state index is -0.00619. The molecule has 0 bridgehead atoms. The van der Waals surface area contributed by atoms with E-state index in [2.05, 4.69) is 15.6 Å². The number of aromatic nitrogens is 1. The molecule has 1 aromatic heterocycles. The highest BCUT2D eigenvalue weighted by Gasteiger charge is 2.20. The van der Waals surface area contributed by atoms with E-state index in [4.69, 9.17) is 16.3 Å². The molecule has 104 valence electrons. The Balaban J connectivity index is 1.50. The van der Waals surface area contributed by atoms with Crippen LogP contribution >= 0.6 is 11.6 Å². The van der Waals surface area contributed by atoms with E-state index in [1.54, 1.807) is 12.1 Å². The van der Waals surface area contributed by atoms with Crippen molar-refractivity contribution in [3.8, 4) is 5.88 Å². The quantitative estimate of drug-likeness (QED) is 0.705. The average molecular weight is 284 g/mol. The van der Waals surface area contributed by atoms with E-state index >= 15 is 0 Å². The van der Waals surface area contributed by atoms with Crippen molar-refractivity contribution in [1.29, 1.82) is 0 Å². The van der Waals surface area contributed by atoms with Gasteiger partial charge < -0.3 is 15.4 Å². The third kappa shape index (κ3) is 5.89. The topological polar surface area (TPSA) is 63.2 Å². The maximum atomic E-state index is 11.4. The second kappa shape index (κ2) is 7.31. The number of hydrogen-bond acceptors (Lipinski definition) is 4. The van der Waals surface area contributed by atoms with Crippen LogP contribution in [0.3, 0.4) is 0 Å².